The van der Waals surface area contributed by atoms with E-state index < -0.39 is 0 Å². The summed E-state index contributed by atoms with van der Waals surface area (Å²) in [4.78, 5) is 8.33. The number of aromatic nitrogens is 2. The molecule has 2 aromatic heterocycles. The van der Waals surface area contributed by atoms with Crippen LogP contribution in [-0.2, 0) is 0 Å². The third-order valence-corrected chi connectivity index (χ3v) is 4.14. The van der Waals surface area contributed by atoms with Crippen LogP contribution in [0.5, 0.6) is 17.4 Å². The SMILES string of the molecule is Oc1cc2ccccc2cc1Oc1ncnc2ccsc12. The molecule has 4 rings (SSSR count). The lowest BCUT2D eigenvalue weighted by Gasteiger charge is -2.08. The van der Waals surface area contributed by atoms with Crippen molar-refractivity contribution in [2.24, 2.45) is 0 Å². The fourth-order valence-corrected chi connectivity index (χ4v) is 3.00. The van der Waals surface area contributed by atoms with Crippen molar-refractivity contribution in [1.29, 1.82) is 0 Å². The number of ether oxygens (including phenoxy) is 1. The van der Waals surface area contributed by atoms with Crippen LogP contribution in [0, 0.1) is 0 Å². The monoisotopic (exact) mass is 294 g/mol. The van der Waals surface area contributed by atoms with Crippen molar-refractivity contribution in [1.82, 2.24) is 9.97 Å². The van der Waals surface area contributed by atoms with Crippen molar-refractivity contribution in [3.05, 3.63) is 54.2 Å². The normalized spacial score (nSPS) is 11.0. The summed E-state index contributed by atoms with van der Waals surface area (Å²) in [7, 11) is 0. The maximum Gasteiger partial charge on any atom is 0.240 e. The first kappa shape index (κ1) is 12.1. The van der Waals surface area contributed by atoms with Crippen LogP contribution in [0.25, 0.3) is 21.0 Å². The second-order valence-corrected chi connectivity index (χ2v) is 5.50. The largest absolute Gasteiger partial charge is 0.504 e. The molecule has 0 unspecified atom stereocenters. The van der Waals surface area contributed by atoms with Gasteiger partial charge in [0.1, 0.15) is 11.0 Å². The molecular formula is C16H10N2O2S. The van der Waals surface area contributed by atoms with E-state index in [2.05, 4.69) is 9.97 Å². The van der Waals surface area contributed by atoms with Gasteiger partial charge in [-0.25, -0.2) is 9.97 Å². The van der Waals surface area contributed by atoms with Crippen LogP contribution < -0.4 is 4.74 Å². The molecule has 0 atom stereocenters. The van der Waals surface area contributed by atoms with E-state index in [0.29, 0.717) is 11.6 Å². The Balaban J connectivity index is 1.83. The zero-order valence-corrected chi connectivity index (χ0v) is 11.7. The maximum atomic E-state index is 10.1. The average Bonchev–Trinajstić information content (AvgIpc) is 2.97. The molecular weight excluding hydrogens is 284 g/mol. The highest BCUT2D eigenvalue weighted by Crippen LogP contribution is 2.37. The number of hydrogen-bond donors (Lipinski definition) is 1. The van der Waals surface area contributed by atoms with Gasteiger partial charge in [0, 0.05) is 0 Å². The molecule has 0 aliphatic rings. The van der Waals surface area contributed by atoms with Gasteiger partial charge < -0.3 is 9.84 Å². The standard InChI is InChI=1S/C16H10N2O2S/c19-13-7-10-3-1-2-4-11(10)8-14(13)20-16-15-12(5-6-21-15)17-9-18-16/h1-9,19H. The van der Waals surface area contributed by atoms with E-state index in [1.165, 1.54) is 17.7 Å². The summed E-state index contributed by atoms with van der Waals surface area (Å²) < 4.78 is 6.66. The Hall–Kier alpha value is -2.66. The van der Waals surface area contributed by atoms with Crippen LogP contribution in [0.2, 0.25) is 0 Å². The van der Waals surface area contributed by atoms with E-state index in [0.717, 1.165) is 21.0 Å². The second-order valence-electron chi connectivity index (χ2n) is 4.58. The summed E-state index contributed by atoms with van der Waals surface area (Å²) in [5, 5.41) is 14.0. The molecule has 0 bridgehead atoms. The minimum absolute atomic E-state index is 0.0945. The van der Waals surface area contributed by atoms with E-state index in [4.69, 9.17) is 4.74 Å². The van der Waals surface area contributed by atoms with Crippen molar-refractivity contribution in [3.63, 3.8) is 0 Å². The van der Waals surface area contributed by atoms with Gasteiger partial charge in [0.05, 0.1) is 5.52 Å². The van der Waals surface area contributed by atoms with Gasteiger partial charge in [-0.2, -0.15) is 0 Å². The average molecular weight is 294 g/mol. The van der Waals surface area contributed by atoms with Crippen molar-refractivity contribution in [2.75, 3.05) is 0 Å². The van der Waals surface area contributed by atoms with Gasteiger partial charge in [0.25, 0.3) is 0 Å². The fraction of sp³-hybridized carbons (Fsp3) is 0. The molecule has 2 heterocycles. The van der Waals surface area contributed by atoms with Gasteiger partial charge >= 0.3 is 0 Å². The molecule has 4 nitrogen and oxygen atoms in total. The van der Waals surface area contributed by atoms with Crippen LogP contribution in [0.1, 0.15) is 0 Å². The first-order chi connectivity index (χ1) is 10.3. The highest BCUT2D eigenvalue weighted by Gasteiger charge is 2.11. The lowest BCUT2D eigenvalue weighted by Crippen LogP contribution is -1.90. The number of benzene rings is 2. The van der Waals surface area contributed by atoms with Crippen LogP contribution in [0.15, 0.2) is 54.2 Å². The van der Waals surface area contributed by atoms with Gasteiger partial charge in [-0.15, -0.1) is 11.3 Å². The summed E-state index contributed by atoms with van der Waals surface area (Å²) in [5.74, 6) is 0.944. The quantitative estimate of drug-likeness (QED) is 0.597. The third kappa shape index (κ3) is 2.08. The molecule has 0 aliphatic carbocycles. The predicted molar refractivity (Wildman–Crippen MR) is 83.1 cm³/mol. The Morgan fingerprint density at radius 2 is 1.81 bits per heavy atom. The molecule has 102 valence electrons. The molecule has 0 fully saturated rings. The Morgan fingerprint density at radius 3 is 2.67 bits per heavy atom. The first-order valence-corrected chi connectivity index (χ1v) is 7.27. The number of rotatable bonds is 2. The van der Waals surface area contributed by atoms with Crippen LogP contribution in [0.4, 0.5) is 0 Å². The summed E-state index contributed by atoms with van der Waals surface area (Å²) >= 11 is 1.51. The highest BCUT2D eigenvalue weighted by atomic mass is 32.1. The summed E-state index contributed by atoms with van der Waals surface area (Å²) in [5.41, 5.74) is 0.838. The van der Waals surface area contributed by atoms with Crippen LogP contribution in [-0.4, -0.2) is 15.1 Å². The van der Waals surface area contributed by atoms with Crippen molar-refractivity contribution in [2.45, 2.75) is 0 Å². The predicted octanol–water partition coefficient (Wildman–Crippen LogP) is 4.34. The van der Waals surface area contributed by atoms with Gasteiger partial charge in [-0.05, 0) is 34.4 Å². The molecule has 0 amide bonds. The van der Waals surface area contributed by atoms with Gasteiger partial charge in [0.2, 0.25) is 5.88 Å². The number of fused-ring (bicyclic) bond motifs is 2. The molecule has 0 saturated carbocycles. The topological polar surface area (TPSA) is 55.2 Å². The van der Waals surface area contributed by atoms with E-state index in [1.807, 2.05) is 41.8 Å². The van der Waals surface area contributed by atoms with Crippen molar-refractivity contribution < 1.29 is 9.84 Å². The summed E-state index contributed by atoms with van der Waals surface area (Å²) in [6.07, 6.45) is 1.46. The fourth-order valence-electron chi connectivity index (χ4n) is 2.23. The second kappa shape index (κ2) is 4.71. The zero-order chi connectivity index (χ0) is 14.2. The van der Waals surface area contributed by atoms with E-state index in [-0.39, 0.29) is 5.75 Å². The summed E-state index contributed by atoms with van der Waals surface area (Å²) in [6.45, 7) is 0. The van der Waals surface area contributed by atoms with Crippen LogP contribution in [0.3, 0.4) is 0 Å². The Bertz CT molecular complexity index is 949. The molecule has 0 aliphatic heterocycles. The van der Waals surface area contributed by atoms with Gasteiger partial charge in [-0.3, -0.25) is 0 Å². The zero-order valence-electron chi connectivity index (χ0n) is 10.9. The number of phenolic OH excluding ortho intramolecular Hbond substituents is 1. The number of phenols is 1. The van der Waals surface area contributed by atoms with E-state index in [1.54, 1.807) is 6.07 Å². The molecule has 1 N–H and O–H groups in total. The molecule has 4 aromatic rings. The number of thiophene rings is 1. The first-order valence-electron chi connectivity index (χ1n) is 6.39. The van der Waals surface area contributed by atoms with Crippen molar-refractivity contribution >= 4 is 32.3 Å². The molecule has 0 saturated heterocycles. The highest BCUT2D eigenvalue weighted by molar-refractivity contribution is 7.17. The van der Waals surface area contributed by atoms with E-state index >= 15 is 0 Å². The minimum atomic E-state index is 0.0945. The number of aromatic hydroxyl groups is 1. The Labute approximate surface area is 124 Å². The Morgan fingerprint density at radius 1 is 1.00 bits per heavy atom. The molecule has 5 heteroatoms. The lowest BCUT2D eigenvalue weighted by atomic mass is 10.1. The lowest BCUT2D eigenvalue weighted by molar-refractivity contribution is 0.406. The van der Waals surface area contributed by atoms with Crippen molar-refractivity contribution in [3.8, 4) is 17.4 Å². The molecule has 2 aromatic carbocycles. The number of hydrogen-bond acceptors (Lipinski definition) is 5. The smallest absolute Gasteiger partial charge is 0.240 e. The third-order valence-electron chi connectivity index (χ3n) is 3.24. The maximum absolute atomic E-state index is 10.1. The van der Waals surface area contributed by atoms with Gasteiger partial charge in [0.15, 0.2) is 11.5 Å². The Kier molecular flexibility index (Phi) is 2.72. The summed E-state index contributed by atoms with van der Waals surface area (Å²) in [6, 6.07) is 13.2. The van der Waals surface area contributed by atoms with Crippen LogP contribution >= 0.6 is 11.3 Å². The number of nitrogens with zero attached hydrogens (tertiary/aromatic N) is 2. The molecule has 0 spiro atoms. The molecule has 0 radical (unpaired) electrons. The minimum Gasteiger partial charge on any atom is -0.504 e. The van der Waals surface area contributed by atoms with E-state index in [9.17, 15) is 5.11 Å². The molecule has 21 heavy (non-hydrogen) atoms. The van der Waals surface area contributed by atoms with Gasteiger partial charge in [-0.1, -0.05) is 24.3 Å².